The van der Waals surface area contributed by atoms with Gasteiger partial charge in [-0.25, -0.2) is 4.79 Å². The summed E-state index contributed by atoms with van der Waals surface area (Å²) in [5.74, 6) is -1.39. The van der Waals surface area contributed by atoms with Gasteiger partial charge in [-0.1, -0.05) is 26.3 Å². The Hall–Kier alpha value is -1.36. The number of thiophene rings is 1. The summed E-state index contributed by atoms with van der Waals surface area (Å²) in [7, 11) is 0. The maximum Gasteiger partial charge on any atom is 0.326 e. The van der Waals surface area contributed by atoms with E-state index in [1.165, 1.54) is 11.3 Å². The molecular weight excluding hydrogens is 226 g/mol. The van der Waals surface area contributed by atoms with E-state index in [0.717, 1.165) is 0 Å². The van der Waals surface area contributed by atoms with E-state index in [1.807, 2.05) is 13.8 Å². The molecular formula is C11H15NO3S. The summed E-state index contributed by atoms with van der Waals surface area (Å²) in [6, 6.07) is 2.62. The number of carboxylic acid groups (broad SMARTS) is 1. The zero-order valence-electron chi connectivity index (χ0n) is 9.27. The highest BCUT2D eigenvalue weighted by atomic mass is 32.1. The van der Waals surface area contributed by atoms with Crippen LogP contribution in [-0.4, -0.2) is 23.0 Å². The van der Waals surface area contributed by atoms with Crippen molar-refractivity contribution in [1.29, 1.82) is 0 Å². The van der Waals surface area contributed by atoms with Gasteiger partial charge >= 0.3 is 5.97 Å². The van der Waals surface area contributed by atoms with Crippen molar-refractivity contribution in [2.24, 2.45) is 5.92 Å². The molecule has 1 rings (SSSR count). The SMILES string of the molecule is CCC(C)[C@H](NC(=O)c1cccs1)C(=O)O. The third kappa shape index (κ3) is 3.06. The van der Waals surface area contributed by atoms with Crippen LogP contribution in [0.15, 0.2) is 17.5 Å². The number of nitrogens with one attached hydrogen (secondary N) is 1. The molecule has 0 spiro atoms. The van der Waals surface area contributed by atoms with Gasteiger partial charge in [-0.05, 0) is 17.4 Å². The number of rotatable bonds is 5. The van der Waals surface area contributed by atoms with Crippen molar-refractivity contribution in [3.8, 4) is 0 Å². The summed E-state index contributed by atoms with van der Waals surface area (Å²) in [6.07, 6.45) is 0.710. The van der Waals surface area contributed by atoms with Crippen LogP contribution in [0.4, 0.5) is 0 Å². The highest BCUT2D eigenvalue weighted by molar-refractivity contribution is 7.12. The van der Waals surface area contributed by atoms with Gasteiger partial charge in [0.1, 0.15) is 6.04 Å². The molecule has 4 nitrogen and oxygen atoms in total. The molecule has 0 saturated heterocycles. The molecule has 16 heavy (non-hydrogen) atoms. The van der Waals surface area contributed by atoms with Gasteiger partial charge in [-0.15, -0.1) is 11.3 Å². The predicted molar refractivity (Wildman–Crippen MR) is 62.7 cm³/mol. The molecule has 1 heterocycles. The minimum absolute atomic E-state index is 0.0820. The molecule has 88 valence electrons. The van der Waals surface area contributed by atoms with E-state index in [1.54, 1.807) is 17.5 Å². The molecule has 1 unspecified atom stereocenters. The number of hydrogen-bond donors (Lipinski definition) is 2. The fraction of sp³-hybridized carbons (Fsp3) is 0.455. The Kier molecular flexibility index (Phi) is 4.49. The van der Waals surface area contributed by atoms with Crippen LogP contribution in [0.1, 0.15) is 29.9 Å². The molecule has 0 bridgehead atoms. The van der Waals surface area contributed by atoms with Crippen molar-refractivity contribution in [1.82, 2.24) is 5.32 Å². The van der Waals surface area contributed by atoms with Crippen LogP contribution < -0.4 is 5.32 Å². The Labute approximate surface area is 98.3 Å². The number of hydrogen-bond acceptors (Lipinski definition) is 3. The van der Waals surface area contributed by atoms with Gasteiger partial charge in [0.2, 0.25) is 0 Å². The van der Waals surface area contributed by atoms with E-state index in [4.69, 9.17) is 5.11 Å². The lowest BCUT2D eigenvalue weighted by molar-refractivity contribution is -0.140. The molecule has 2 atom stereocenters. The fourth-order valence-electron chi connectivity index (χ4n) is 1.30. The summed E-state index contributed by atoms with van der Waals surface area (Å²) >= 11 is 1.30. The number of aliphatic carboxylic acids is 1. The van der Waals surface area contributed by atoms with Crippen LogP contribution in [0.25, 0.3) is 0 Å². The molecule has 1 aromatic rings. The highest BCUT2D eigenvalue weighted by Crippen LogP contribution is 2.12. The summed E-state index contributed by atoms with van der Waals surface area (Å²) in [5.41, 5.74) is 0. The smallest absolute Gasteiger partial charge is 0.326 e. The number of carbonyl (C=O) groups is 2. The Balaban J connectivity index is 2.69. The van der Waals surface area contributed by atoms with Crippen molar-refractivity contribution in [3.63, 3.8) is 0 Å². The Morgan fingerprint density at radius 2 is 2.25 bits per heavy atom. The molecule has 0 aromatic carbocycles. The standard InChI is InChI=1S/C11H15NO3S/c1-3-7(2)9(11(14)15)12-10(13)8-5-4-6-16-8/h4-7,9H,3H2,1-2H3,(H,12,13)(H,14,15)/t7?,9-/m0/s1. The maximum absolute atomic E-state index is 11.7. The molecule has 0 fully saturated rings. The molecule has 5 heteroatoms. The van der Waals surface area contributed by atoms with Crippen molar-refractivity contribution in [2.75, 3.05) is 0 Å². The molecule has 1 aromatic heterocycles. The lowest BCUT2D eigenvalue weighted by atomic mass is 9.99. The zero-order chi connectivity index (χ0) is 12.1. The molecule has 0 aliphatic carbocycles. The van der Waals surface area contributed by atoms with Gasteiger partial charge in [0, 0.05) is 0 Å². The van der Waals surface area contributed by atoms with Crippen molar-refractivity contribution in [2.45, 2.75) is 26.3 Å². The van der Waals surface area contributed by atoms with Crippen LogP contribution in [-0.2, 0) is 4.79 Å². The zero-order valence-corrected chi connectivity index (χ0v) is 10.1. The van der Waals surface area contributed by atoms with Crippen molar-refractivity contribution >= 4 is 23.2 Å². The van der Waals surface area contributed by atoms with Crippen LogP contribution in [0.5, 0.6) is 0 Å². The number of carbonyl (C=O) groups excluding carboxylic acids is 1. The Bertz CT molecular complexity index is 361. The lowest BCUT2D eigenvalue weighted by Crippen LogP contribution is -2.44. The van der Waals surface area contributed by atoms with E-state index in [-0.39, 0.29) is 11.8 Å². The van der Waals surface area contributed by atoms with E-state index < -0.39 is 12.0 Å². The normalized spacial score (nSPS) is 14.1. The van der Waals surface area contributed by atoms with Gasteiger partial charge in [0.15, 0.2) is 0 Å². The molecule has 2 N–H and O–H groups in total. The summed E-state index contributed by atoms with van der Waals surface area (Å²) in [4.78, 5) is 23.2. The molecule has 0 radical (unpaired) electrons. The monoisotopic (exact) mass is 241 g/mol. The third-order valence-electron chi connectivity index (χ3n) is 2.51. The second-order valence-electron chi connectivity index (χ2n) is 3.65. The highest BCUT2D eigenvalue weighted by Gasteiger charge is 2.25. The predicted octanol–water partition coefficient (Wildman–Crippen LogP) is 1.98. The first-order chi connectivity index (χ1) is 7.56. The fourth-order valence-corrected chi connectivity index (χ4v) is 1.93. The van der Waals surface area contributed by atoms with E-state index in [9.17, 15) is 9.59 Å². The number of carboxylic acids is 1. The topological polar surface area (TPSA) is 66.4 Å². The van der Waals surface area contributed by atoms with Gasteiger partial charge < -0.3 is 10.4 Å². The third-order valence-corrected chi connectivity index (χ3v) is 3.38. The first-order valence-electron chi connectivity index (χ1n) is 5.13. The van der Waals surface area contributed by atoms with Gasteiger partial charge in [0.25, 0.3) is 5.91 Å². The second-order valence-corrected chi connectivity index (χ2v) is 4.60. The second kappa shape index (κ2) is 5.65. The van der Waals surface area contributed by atoms with Crippen LogP contribution in [0.2, 0.25) is 0 Å². The summed E-state index contributed by atoms with van der Waals surface area (Å²) in [6.45, 7) is 3.71. The van der Waals surface area contributed by atoms with Crippen molar-refractivity contribution < 1.29 is 14.7 Å². The molecule has 0 aliphatic rings. The first-order valence-corrected chi connectivity index (χ1v) is 6.01. The van der Waals surface area contributed by atoms with Crippen LogP contribution in [0, 0.1) is 5.92 Å². The minimum Gasteiger partial charge on any atom is -0.480 e. The molecule has 0 saturated carbocycles. The molecule has 0 aliphatic heterocycles. The van der Waals surface area contributed by atoms with E-state index in [0.29, 0.717) is 11.3 Å². The average molecular weight is 241 g/mol. The number of amides is 1. The largest absolute Gasteiger partial charge is 0.480 e. The van der Waals surface area contributed by atoms with Gasteiger partial charge in [-0.2, -0.15) is 0 Å². The van der Waals surface area contributed by atoms with E-state index >= 15 is 0 Å². The van der Waals surface area contributed by atoms with Gasteiger partial charge in [0.05, 0.1) is 4.88 Å². The lowest BCUT2D eigenvalue weighted by Gasteiger charge is -2.19. The van der Waals surface area contributed by atoms with Gasteiger partial charge in [-0.3, -0.25) is 4.79 Å². The quantitative estimate of drug-likeness (QED) is 0.828. The summed E-state index contributed by atoms with van der Waals surface area (Å²) < 4.78 is 0. The van der Waals surface area contributed by atoms with Crippen LogP contribution in [0.3, 0.4) is 0 Å². The average Bonchev–Trinajstić information content (AvgIpc) is 2.77. The Morgan fingerprint density at radius 1 is 1.56 bits per heavy atom. The first kappa shape index (κ1) is 12.7. The summed E-state index contributed by atoms with van der Waals surface area (Å²) in [5, 5.41) is 13.3. The van der Waals surface area contributed by atoms with Crippen LogP contribution >= 0.6 is 11.3 Å². The maximum atomic E-state index is 11.7. The minimum atomic E-state index is -0.987. The Morgan fingerprint density at radius 3 is 2.69 bits per heavy atom. The van der Waals surface area contributed by atoms with E-state index in [2.05, 4.69) is 5.32 Å². The molecule has 1 amide bonds. The van der Waals surface area contributed by atoms with Crippen molar-refractivity contribution in [3.05, 3.63) is 22.4 Å².